The van der Waals surface area contributed by atoms with Gasteiger partial charge < -0.3 is 14.6 Å². The average Bonchev–Trinajstić information content (AvgIpc) is 3.02. The van der Waals surface area contributed by atoms with Crippen molar-refractivity contribution >= 4 is 23.0 Å². The number of hydrogen-bond donors (Lipinski definition) is 3. The second kappa shape index (κ2) is 5.62. The summed E-state index contributed by atoms with van der Waals surface area (Å²) >= 11 is 0. The molecule has 28 heavy (non-hydrogen) atoms. The van der Waals surface area contributed by atoms with Gasteiger partial charge in [-0.2, -0.15) is 4.98 Å². The first-order valence-corrected chi connectivity index (χ1v) is 9.51. The summed E-state index contributed by atoms with van der Waals surface area (Å²) in [5.41, 5.74) is -0.929. The van der Waals surface area contributed by atoms with Crippen molar-refractivity contribution in [3.05, 3.63) is 16.7 Å². The lowest BCUT2D eigenvalue weighted by molar-refractivity contribution is -0.196. The molecule has 4 heterocycles. The number of fused-ring (bicyclic) bond motifs is 3. The Kier molecular flexibility index (Phi) is 3.57. The number of aliphatic hydroxyl groups excluding tert-OH is 1. The van der Waals surface area contributed by atoms with Crippen LogP contribution in [0.5, 0.6) is 0 Å². The smallest absolute Gasteiger partial charge is 0.280 e. The topological polar surface area (TPSA) is 131 Å². The average molecular weight is 389 g/mol. The van der Waals surface area contributed by atoms with E-state index in [1.807, 2.05) is 0 Å². The summed E-state index contributed by atoms with van der Waals surface area (Å²) in [6, 6.07) is 0. The van der Waals surface area contributed by atoms with Crippen LogP contribution < -0.4 is 10.9 Å². The summed E-state index contributed by atoms with van der Waals surface area (Å²) in [5, 5.41) is 13.5. The molecule has 0 spiro atoms. The number of ether oxygens (including phenoxy) is 2. The Balaban J connectivity index is 1.54. The van der Waals surface area contributed by atoms with Crippen molar-refractivity contribution in [2.45, 2.75) is 57.6 Å². The lowest BCUT2D eigenvalue weighted by Crippen LogP contribution is -2.47. The summed E-state index contributed by atoms with van der Waals surface area (Å²) in [4.78, 5) is 35.4. The van der Waals surface area contributed by atoms with Gasteiger partial charge in [-0.25, -0.2) is 4.98 Å². The van der Waals surface area contributed by atoms with Gasteiger partial charge in [0.15, 0.2) is 17.4 Å². The fraction of sp³-hybridized carbons (Fsp3) is 0.667. The zero-order valence-electron chi connectivity index (χ0n) is 15.9. The molecule has 4 atom stereocenters. The Morgan fingerprint density at radius 2 is 2.21 bits per heavy atom. The molecule has 150 valence electrons. The van der Waals surface area contributed by atoms with E-state index < -0.39 is 29.6 Å². The number of hydrogen-bond acceptors (Lipinski definition) is 7. The second-order valence-corrected chi connectivity index (χ2v) is 8.56. The molecular weight excluding hydrogens is 366 g/mol. The van der Waals surface area contributed by atoms with E-state index in [0.29, 0.717) is 6.61 Å². The SMILES string of the molecule is CC(C)C(=O)Nc1nc2c(ncn2[C@@H]2O[C@@]3(C4(C)CC4)COC2[C@H]3O)c(=O)[nH]1. The maximum absolute atomic E-state index is 12.4. The molecule has 2 aromatic rings. The summed E-state index contributed by atoms with van der Waals surface area (Å²) < 4.78 is 13.8. The van der Waals surface area contributed by atoms with E-state index in [-0.39, 0.29) is 34.4 Å². The number of nitrogens with zero attached hydrogens (tertiary/aromatic N) is 3. The number of aromatic amines is 1. The van der Waals surface area contributed by atoms with Crippen molar-refractivity contribution < 1.29 is 19.4 Å². The molecule has 0 aromatic carbocycles. The number of carbonyl (C=O) groups excluding carboxylic acids is 1. The first-order chi connectivity index (χ1) is 13.3. The molecule has 2 saturated heterocycles. The third-order valence-corrected chi connectivity index (χ3v) is 6.39. The van der Waals surface area contributed by atoms with E-state index in [2.05, 4.69) is 27.2 Å². The van der Waals surface area contributed by atoms with Gasteiger partial charge in [-0.3, -0.25) is 24.5 Å². The molecular formula is C18H23N5O5. The van der Waals surface area contributed by atoms with Crippen LogP contribution in [0.1, 0.15) is 39.8 Å². The minimum atomic E-state index is -0.760. The molecule has 3 N–H and O–H groups in total. The molecule has 2 bridgehead atoms. The van der Waals surface area contributed by atoms with Crippen LogP contribution in [-0.4, -0.2) is 54.9 Å². The van der Waals surface area contributed by atoms with Crippen molar-refractivity contribution in [3.8, 4) is 0 Å². The lowest BCUT2D eigenvalue weighted by atomic mass is 9.83. The van der Waals surface area contributed by atoms with Crippen molar-refractivity contribution in [2.75, 3.05) is 11.9 Å². The van der Waals surface area contributed by atoms with Crippen molar-refractivity contribution in [2.24, 2.45) is 11.3 Å². The zero-order valence-corrected chi connectivity index (χ0v) is 15.9. The highest BCUT2D eigenvalue weighted by molar-refractivity contribution is 5.91. The monoisotopic (exact) mass is 389 g/mol. The van der Waals surface area contributed by atoms with Crippen LogP contribution in [0.4, 0.5) is 5.95 Å². The van der Waals surface area contributed by atoms with Crippen LogP contribution in [0.2, 0.25) is 0 Å². The predicted octanol–water partition coefficient (Wildman–Crippen LogP) is 0.541. The Hall–Kier alpha value is -2.30. The van der Waals surface area contributed by atoms with Crippen LogP contribution in [0.25, 0.3) is 11.2 Å². The number of nitrogens with one attached hydrogen (secondary N) is 2. The maximum Gasteiger partial charge on any atom is 0.280 e. The number of amides is 1. The summed E-state index contributed by atoms with van der Waals surface area (Å²) in [6.45, 7) is 5.94. The van der Waals surface area contributed by atoms with E-state index in [1.165, 1.54) is 6.33 Å². The minimum absolute atomic E-state index is 0.0476. The standard InChI is InChI=1S/C18H23N5O5/c1-8(2)13(25)21-16-20-12-9(14(26)22-16)19-7-23(12)15-10-11(24)18(28-15,6-27-10)17(3)4-5-17/h7-8,10-11,15,24H,4-6H2,1-3H3,(H2,20,21,22,25,26)/t10?,11-,15-,18+/m1/s1. The van der Waals surface area contributed by atoms with Crippen LogP contribution in [0.15, 0.2) is 11.1 Å². The van der Waals surface area contributed by atoms with E-state index in [1.54, 1.807) is 18.4 Å². The number of aromatic nitrogens is 4. The van der Waals surface area contributed by atoms with Gasteiger partial charge in [0.05, 0.1) is 12.9 Å². The van der Waals surface area contributed by atoms with E-state index in [9.17, 15) is 14.7 Å². The lowest BCUT2D eigenvalue weighted by Gasteiger charge is -2.36. The maximum atomic E-state index is 12.4. The van der Waals surface area contributed by atoms with Gasteiger partial charge in [-0.05, 0) is 12.8 Å². The first kappa shape index (κ1) is 17.8. The Morgan fingerprint density at radius 1 is 1.46 bits per heavy atom. The van der Waals surface area contributed by atoms with Crippen LogP contribution in [0, 0.1) is 11.3 Å². The van der Waals surface area contributed by atoms with Crippen LogP contribution >= 0.6 is 0 Å². The second-order valence-electron chi connectivity index (χ2n) is 8.56. The van der Waals surface area contributed by atoms with Crippen LogP contribution in [-0.2, 0) is 14.3 Å². The molecule has 5 rings (SSSR count). The normalized spacial score (nSPS) is 33.0. The molecule has 1 unspecified atom stereocenters. The number of aliphatic hydroxyl groups is 1. The fourth-order valence-electron chi connectivity index (χ4n) is 4.22. The molecule has 3 aliphatic rings. The minimum Gasteiger partial charge on any atom is -0.387 e. The van der Waals surface area contributed by atoms with E-state index >= 15 is 0 Å². The Labute approximate surface area is 160 Å². The predicted molar refractivity (Wildman–Crippen MR) is 97.6 cm³/mol. The third kappa shape index (κ3) is 2.25. The largest absolute Gasteiger partial charge is 0.387 e. The van der Waals surface area contributed by atoms with Gasteiger partial charge in [0.25, 0.3) is 5.56 Å². The zero-order chi connectivity index (χ0) is 19.8. The van der Waals surface area contributed by atoms with Crippen molar-refractivity contribution in [1.29, 1.82) is 0 Å². The van der Waals surface area contributed by atoms with Gasteiger partial charge in [-0.1, -0.05) is 20.8 Å². The third-order valence-electron chi connectivity index (χ3n) is 6.39. The number of H-pyrrole nitrogens is 1. The van der Waals surface area contributed by atoms with E-state index in [4.69, 9.17) is 9.47 Å². The summed E-state index contributed by atoms with van der Waals surface area (Å²) in [7, 11) is 0. The molecule has 10 nitrogen and oxygen atoms in total. The van der Waals surface area contributed by atoms with Crippen LogP contribution in [0.3, 0.4) is 0 Å². The van der Waals surface area contributed by atoms with Gasteiger partial charge in [-0.15, -0.1) is 0 Å². The number of rotatable bonds is 4. The summed E-state index contributed by atoms with van der Waals surface area (Å²) in [5.74, 6) is -0.474. The molecule has 1 saturated carbocycles. The molecule has 1 amide bonds. The molecule has 2 aromatic heterocycles. The van der Waals surface area contributed by atoms with Crippen molar-refractivity contribution in [1.82, 2.24) is 19.5 Å². The number of imidazole rings is 1. The molecule has 3 fully saturated rings. The molecule has 10 heteroatoms. The number of carbonyl (C=O) groups is 1. The highest BCUT2D eigenvalue weighted by Gasteiger charge is 2.72. The Morgan fingerprint density at radius 3 is 2.89 bits per heavy atom. The highest BCUT2D eigenvalue weighted by Crippen LogP contribution is 2.63. The highest BCUT2D eigenvalue weighted by atomic mass is 16.6. The van der Waals surface area contributed by atoms with Gasteiger partial charge in [0.2, 0.25) is 11.9 Å². The molecule has 0 radical (unpaired) electrons. The molecule has 1 aliphatic carbocycles. The quantitative estimate of drug-likeness (QED) is 0.695. The van der Waals surface area contributed by atoms with E-state index in [0.717, 1.165) is 12.8 Å². The van der Waals surface area contributed by atoms with Gasteiger partial charge in [0.1, 0.15) is 17.8 Å². The summed E-state index contributed by atoms with van der Waals surface area (Å²) in [6.07, 6.45) is 1.44. The van der Waals surface area contributed by atoms with Gasteiger partial charge >= 0.3 is 0 Å². The fourth-order valence-corrected chi connectivity index (χ4v) is 4.22. The first-order valence-electron chi connectivity index (χ1n) is 9.51. The van der Waals surface area contributed by atoms with Gasteiger partial charge in [0, 0.05) is 11.3 Å². The molecule has 2 aliphatic heterocycles. The number of anilines is 1. The Bertz CT molecular complexity index is 1030. The van der Waals surface area contributed by atoms with Crippen molar-refractivity contribution in [3.63, 3.8) is 0 Å².